The molecular weight excluding hydrogens is 535 g/mol. The number of rotatable bonds is 8. The van der Waals surface area contributed by atoms with E-state index in [4.69, 9.17) is 25.8 Å². The van der Waals surface area contributed by atoms with Gasteiger partial charge >= 0.3 is 5.97 Å². The van der Waals surface area contributed by atoms with Crippen LogP contribution in [0.2, 0.25) is 5.02 Å². The second-order valence-electron chi connectivity index (χ2n) is 6.22. The Morgan fingerprint density at radius 2 is 2.03 bits per heavy atom. The average molecular weight is 555 g/mol. The molecule has 0 aliphatic carbocycles. The first-order chi connectivity index (χ1) is 14.8. The lowest BCUT2D eigenvalue weighted by Crippen LogP contribution is -2.15. The zero-order valence-corrected chi connectivity index (χ0v) is 20.0. The van der Waals surface area contributed by atoms with Crippen LogP contribution in [0, 0.1) is 21.8 Å². The highest BCUT2D eigenvalue weighted by Crippen LogP contribution is 2.34. The van der Waals surface area contributed by atoms with Crippen LogP contribution in [-0.2, 0) is 14.3 Å². The zero-order valence-electron chi connectivity index (χ0n) is 17.1. The molecule has 0 aliphatic rings. The van der Waals surface area contributed by atoms with Crippen LogP contribution in [0.1, 0.15) is 18.1 Å². The van der Waals surface area contributed by atoms with E-state index in [0.717, 1.165) is 5.56 Å². The number of carbonyl (C=O) groups excluding carboxylic acids is 2. The molecule has 9 heteroatoms. The summed E-state index contributed by atoms with van der Waals surface area (Å²) in [5, 5.41) is 12.6. The highest BCUT2D eigenvalue weighted by Gasteiger charge is 2.15. The lowest BCUT2D eigenvalue weighted by Gasteiger charge is -2.13. The number of amides is 1. The summed E-state index contributed by atoms with van der Waals surface area (Å²) in [7, 11) is 1.45. The first-order valence-corrected chi connectivity index (χ1v) is 10.6. The molecule has 162 valence electrons. The average Bonchev–Trinajstić information content (AvgIpc) is 2.73. The molecule has 31 heavy (non-hydrogen) atoms. The third-order valence-electron chi connectivity index (χ3n) is 4.00. The van der Waals surface area contributed by atoms with Crippen molar-refractivity contribution in [3.8, 4) is 17.6 Å². The van der Waals surface area contributed by atoms with Crippen molar-refractivity contribution in [3.05, 3.63) is 55.6 Å². The molecule has 1 amide bonds. The predicted molar refractivity (Wildman–Crippen MR) is 126 cm³/mol. The summed E-state index contributed by atoms with van der Waals surface area (Å²) in [6.45, 7) is 3.55. The van der Waals surface area contributed by atoms with Crippen molar-refractivity contribution in [2.45, 2.75) is 13.8 Å². The number of nitrogens with one attached hydrogen (secondary N) is 1. The van der Waals surface area contributed by atoms with Crippen molar-refractivity contribution in [1.82, 2.24) is 0 Å². The molecule has 0 radical (unpaired) electrons. The minimum absolute atomic E-state index is 0.102. The number of esters is 1. The number of ether oxygens (including phenoxy) is 3. The van der Waals surface area contributed by atoms with Crippen LogP contribution >= 0.6 is 34.2 Å². The fourth-order valence-corrected chi connectivity index (χ4v) is 3.44. The molecule has 0 aliphatic heterocycles. The number of nitriles is 1. The van der Waals surface area contributed by atoms with E-state index >= 15 is 0 Å². The molecule has 0 aromatic heterocycles. The molecule has 0 heterocycles. The van der Waals surface area contributed by atoms with Gasteiger partial charge in [-0.1, -0.05) is 17.7 Å². The fourth-order valence-electron chi connectivity index (χ4n) is 2.48. The van der Waals surface area contributed by atoms with Gasteiger partial charge in [-0.15, -0.1) is 0 Å². The van der Waals surface area contributed by atoms with Gasteiger partial charge in [0.15, 0.2) is 18.1 Å². The Kier molecular flexibility index (Phi) is 9.15. The molecule has 2 aromatic rings. The second-order valence-corrected chi connectivity index (χ2v) is 7.79. The highest BCUT2D eigenvalue weighted by molar-refractivity contribution is 14.1. The number of halogens is 2. The van der Waals surface area contributed by atoms with Gasteiger partial charge in [0.05, 0.1) is 17.3 Å². The second kappa shape index (κ2) is 11.6. The number of anilines is 1. The quantitative estimate of drug-likeness (QED) is 0.219. The van der Waals surface area contributed by atoms with E-state index in [2.05, 4.69) is 5.32 Å². The van der Waals surface area contributed by atoms with Gasteiger partial charge < -0.3 is 19.5 Å². The van der Waals surface area contributed by atoms with Crippen molar-refractivity contribution >= 4 is 57.8 Å². The number of nitrogens with zero attached hydrogens (tertiary/aromatic N) is 1. The molecule has 0 bridgehead atoms. The van der Waals surface area contributed by atoms with Gasteiger partial charge in [-0.25, -0.2) is 4.79 Å². The van der Waals surface area contributed by atoms with E-state index in [1.807, 2.05) is 35.6 Å². The van der Waals surface area contributed by atoms with Gasteiger partial charge in [-0.05, 0) is 77.9 Å². The third-order valence-corrected chi connectivity index (χ3v) is 5.21. The van der Waals surface area contributed by atoms with Crippen molar-refractivity contribution in [2.75, 3.05) is 25.6 Å². The van der Waals surface area contributed by atoms with Gasteiger partial charge in [0, 0.05) is 10.7 Å². The summed E-state index contributed by atoms with van der Waals surface area (Å²) in [5.74, 6) is -0.348. The predicted octanol–water partition coefficient (Wildman–Crippen LogP) is 4.75. The lowest BCUT2D eigenvalue weighted by molar-refractivity contribution is -0.145. The van der Waals surface area contributed by atoms with Crippen LogP contribution in [-0.4, -0.2) is 32.2 Å². The summed E-state index contributed by atoms with van der Waals surface area (Å²) in [5.41, 5.74) is 1.81. The van der Waals surface area contributed by atoms with Gasteiger partial charge in [0.1, 0.15) is 11.6 Å². The zero-order chi connectivity index (χ0) is 23.0. The van der Waals surface area contributed by atoms with Crippen molar-refractivity contribution in [2.24, 2.45) is 0 Å². The maximum absolute atomic E-state index is 12.5. The maximum atomic E-state index is 12.5. The fraction of sp³-hybridized carbons (Fsp3) is 0.227. The Morgan fingerprint density at radius 1 is 1.29 bits per heavy atom. The number of hydrogen-bond acceptors (Lipinski definition) is 6. The molecule has 2 aromatic carbocycles. The normalized spacial score (nSPS) is 10.8. The SMILES string of the molecule is CCOC(=O)COc1c(I)cc(/C=C(/C#N)C(=O)Nc2ccc(C)c(Cl)c2)cc1OC. The van der Waals surface area contributed by atoms with Crippen LogP contribution in [0.15, 0.2) is 35.9 Å². The molecule has 7 nitrogen and oxygen atoms in total. The van der Waals surface area contributed by atoms with Crippen LogP contribution in [0.25, 0.3) is 6.08 Å². The number of benzene rings is 2. The summed E-state index contributed by atoms with van der Waals surface area (Å²) in [6.07, 6.45) is 1.44. The Balaban J connectivity index is 2.25. The molecule has 0 fully saturated rings. The largest absolute Gasteiger partial charge is 0.493 e. The van der Waals surface area contributed by atoms with E-state index < -0.39 is 11.9 Å². The summed E-state index contributed by atoms with van der Waals surface area (Å²) < 4.78 is 16.4. The Bertz CT molecular complexity index is 1060. The first kappa shape index (κ1) is 24.5. The Hall–Kier alpha value is -2.77. The van der Waals surface area contributed by atoms with E-state index in [0.29, 0.717) is 31.3 Å². The van der Waals surface area contributed by atoms with Gasteiger partial charge in [0.2, 0.25) is 0 Å². The molecule has 0 saturated carbocycles. The summed E-state index contributed by atoms with van der Waals surface area (Å²) >= 11 is 8.10. The molecular formula is C22H20ClIN2O5. The highest BCUT2D eigenvalue weighted by atomic mass is 127. The summed E-state index contributed by atoms with van der Waals surface area (Å²) in [6, 6.07) is 10.3. The van der Waals surface area contributed by atoms with E-state index in [9.17, 15) is 14.9 Å². The molecule has 0 atom stereocenters. The van der Waals surface area contributed by atoms with Gasteiger partial charge in [-0.3, -0.25) is 4.79 Å². The third kappa shape index (κ3) is 6.87. The number of methoxy groups -OCH3 is 1. The van der Waals surface area contributed by atoms with Crippen molar-refractivity contribution in [1.29, 1.82) is 5.26 Å². The maximum Gasteiger partial charge on any atom is 0.344 e. The van der Waals surface area contributed by atoms with Crippen LogP contribution in [0.3, 0.4) is 0 Å². The molecule has 0 saturated heterocycles. The van der Waals surface area contributed by atoms with E-state index in [1.165, 1.54) is 13.2 Å². The molecule has 2 rings (SSSR count). The smallest absolute Gasteiger partial charge is 0.344 e. The number of hydrogen-bond donors (Lipinski definition) is 1. The van der Waals surface area contributed by atoms with E-state index in [1.54, 1.807) is 37.3 Å². The van der Waals surface area contributed by atoms with Crippen LogP contribution in [0.4, 0.5) is 5.69 Å². The minimum Gasteiger partial charge on any atom is -0.493 e. The van der Waals surface area contributed by atoms with Crippen LogP contribution in [0.5, 0.6) is 11.5 Å². The topological polar surface area (TPSA) is 97.7 Å². The van der Waals surface area contributed by atoms with E-state index in [-0.39, 0.29) is 18.8 Å². The Labute approximate surface area is 199 Å². The first-order valence-electron chi connectivity index (χ1n) is 9.14. The minimum atomic E-state index is -0.570. The monoisotopic (exact) mass is 554 g/mol. The molecule has 1 N–H and O–H groups in total. The standard InChI is InChI=1S/C22H20ClIN2O5/c1-4-30-20(27)12-31-21-18(24)8-14(9-19(21)29-3)7-15(11-25)22(28)26-16-6-5-13(2)17(23)10-16/h5-10H,4,12H2,1-3H3,(H,26,28)/b15-7-. The van der Waals surface area contributed by atoms with Crippen molar-refractivity contribution < 1.29 is 23.8 Å². The Morgan fingerprint density at radius 3 is 2.65 bits per heavy atom. The number of carbonyl (C=O) groups is 2. The molecule has 0 unspecified atom stereocenters. The van der Waals surface area contributed by atoms with Gasteiger partial charge in [0.25, 0.3) is 5.91 Å². The number of aryl methyl sites for hydroxylation is 1. The lowest BCUT2D eigenvalue weighted by atomic mass is 10.1. The molecule has 0 spiro atoms. The van der Waals surface area contributed by atoms with Crippen LogP contribution < -0.4 is 14.8 Å². The van der Waals surface area contributed by atoms with Crippen molar-refractivity contribution in [3.63, 3.8) is 0 Å². The summed E-state index contributed by atoms with van der Waals surface area (Å²) in [4.78, 5) is 24.1. The van der Waals surface area contributed by atoms with Gasteiger partial charge in [-0.2, -0.15) is 5.26 Å².